The molecular formula is C11H20N2O3. The quantitative estimate of drug-likeness (QED) is 0.773. The van der Waals surface area contributed by atoms with E-state index in [-0.39, 0.29) is 12.5 Å². The molecular weight excluding hydrogens is 208 g/mol. The number of carboxylic acid groups (broad SMARTS) is 1. The monoisotopic (exact) mass is 228 g/mol. The second-order valence-corrected chi connectivity index (χ2v) is 4.40. The first-order valence-electron chi connectivity index (χ1n) is 5.72. The zero-order valence-electron chi connectivity index (χ0n) is 9.98. The van der Waals surface area contributed by atoms with E-state index in [1.807, 2.05) is 7.05 Å². The molecule has 1 saturated carbocycles. The lowest BCUT2D eigenvalue weighted by Gasteiger charge is -2.36. The van der Waals surface area contributed by atoms with Crippen LogP contribution in [0.2, 0.25) is 0 Å². The molecule has 0 radical (unpaired) electrons. The number of rotatable bonds is 5. The van der Waals surface area contributed by atoms with Crippen LogP contribution in [-0.4, -0.2) is 53.6 Å². The summed E-state index contributed by atoms with van der Waals surface area (Å²) in [7, 11) is 3.54. The van der Waals surface area contributed by atoms with Gasteiger partial charge in [-0.25, -0.2) is 4.79 Å². The topological polar surface area (TPSA) is 60.9 Å². The van der Waals surface area contributed by atoms with E-state index in [9.17, 15) is 9.59 Å². The lowest BCUT2D eigenvalue weighted by molar-refractivity contribution is -0.137. The van der Waals surface area contributed by atoms with E-state index in [1.165, 1.54) is 6.42 Å². The molecule has 0 aliphatic heterocycles. The Bertz CT molecular complexity index is 264. The number of amides is 2. The smallest absolute Gasteiger partial charge is 0.319 e. The van der Waals surface area contributed by atoms with Gasteiger partial charge in [-0.2, -0.15) is 0 Å². The van der Waals surface area contributed by atoms with Crippen molar-refractivity contribution in [3.05, 3.63) is 0 Å². The molecule has 5 heteroatoms. The van der Waals surface area contributed by atoms with Crippen LogP contribution in [0.3, 0.4) is 0 Å². The zero-order chi connectivity index (χ0) is 12.1. The fourth-order valence-electron chi connectivity index (χ4n) is 1.76. The normalized spacial score (nSPS) is 15.4. The molecule has 1 fully saturated rings. The first-order valence-corrected chi connectivity index (χ1v) is 5.72. The van der Waals surface area contributed by atoms with Crippen molar-refractivity contribution in [1.29, 1.82) is 0 Å². The van der Waals surface area contributed by atoms with Crippen LogP contribution in [0.4, 0.5) is 4.79 Å². The van der Waals surface area contributed by atoms with E-state index in [0.29, 0.717) is 19.0 Å². The molecule has 0 saturated heterocycles. The molecule has 1 aliphatic rings. The molecule has 16 heavy (non-hydrogen) atoms. The average Bonchev–Trinajstić information content (AvgIpc) is 2.13. The SMILES string of the molecule is CN(CCCC(=O)O)C(=O)N(C)C1CCC1. The third-order valence-electron chi connectivity index (χ3n) is 3.13. The Balaban J connectivity index is 2.26. The summed E-state index contributed by atoms with van der Waals surface area (Å²) in [6.07, 6.45) is 4.00. The maximum absolute atomic E-state index is 11.9. The summed E-state index contributed by atoms with van der Waals surface area (Å²) in [6.45, 7) is 0.502. The number of hydrogen-bond acceptors (Lipinski definition) is 2. The van der Waals surface area contributed by atoms with Gasteiger partial charge in [0.1, 0.15) is 0 Å². The maximum Gasteiger partial charge on any atom is 0.319 e. The fraction of sp³-hybridized carbons (Fsp3) is 0.818. The molecule has 0 heterocycles. The summed E-state index contributed by atoms with van der Waals surface area (Å²) in [4.78, 5) is 25.6. The van der Waals surface area contributed by atoms with Gasteiger partial charge in [0.25, 0.3) is 0 Å². The predicted molar refractivity (Wildman–Crippen MR) is 60.3 cm³/mol. The molecule has 1 aliphatic carbocycles. The standard InChI is InChI=1S/C11H20N2O3/c1-12(8-4-7-10(14)15)11(16)13(2)9-5-3-6-9/h9H,3-8H2,1-2H3,(H,14,15). The largest absolute Gasteiger partial charge is 0.481 e. The highest BCUT2D eigenvalue weighted by Crippen LogP contribution is 2.24. The van der Waals surface area contributed by atoms with Crippen molar-refractivity contribution in [3.63, 3.8) is 0 Å². The van der Waals surface area contributed by atoms with Gasteiger partial charge in [-0.15, -0.1) is 0 Å². The summed E-state index contributed by atoms with van der Waals surface area (Å²) in [5.41, 5.74) is 0. The summed E-state index contributed by atoms with van der Waals surface area (Å²) in [6, 6.07) is 0.379. The highest BCUT2D eigenvalue weighted by molar-refractivity contribution is 5.74. The van der Waals surface area contributed by atoms with Gasteiger partial charge < -0.3 is 14.9 Å². The van der Waals surface area contributed by atoms with Crippen molar-refractivity contribution < 1.29 is 14.7 Å². The van der Waals surface area contributed by atoms with Crippen LogP contribution in [0.25, 0.3) is 0 Å². The molecule has 0 atom stereocenters. The summed E-state index contributed by atoms with van der Waals surface area (Å²) in [5, 5.41) is 8.50. The Morgan fingerprint density at radius 1 is 1.31 bits per heavy atom. The van der Waals surface area contributed by atoms with Gasteiger partial charge in [-0.05, 0) is 25.7 Å². The molecule has 1 N–H and O–H groups in total. The van der Waals surface area contributed by atoms with Gasteiger partial charge in [-0.3, -0.25) is 4.79 Å². The molecule has 0 spiro atoms. The first-order chi connectivity index (χ1) is 7.52. The second kappa shape index (κ2) is 5.72. The molecule has 1 rings (SSSR count). The number of nitrogens with zero attached hydrogens (tertiary/aromatic N) is 2. The van der Waals surface area contributed by atoms with Crippen LogP contribution in [0, 0.1) is 0 Å². The van der Waals surface area contributed by atoms with Crippen molar-refractivity contribution in [3.8, 4) is 0 Å². The number of carbonyl (C=O) groups is 2. The fourth-order valence-corrected chi connectivity index (χ4v) is 1.76. The average molecular weight is 228 g/mol. The third-order valence-corrected chi connectivity index (χ3v) is 3.13. The van der Waals surface area contributed by atoms with Crippen LogP contribution < -0.4 is 0 Å². The lowest BCUT2D eigenvalue weighted by atomic mass is 9.92. The minimum atomic E-state index is -0.812. The predicted octanol–water partition coefficient (Wildman–Crippen LogP) is 1.39. The van der Waals surface area contributed by atoms with E-state index in [2.05, 4.69) is 0 Å². The van der Waals surface area contributed by atoms with Gasteiger partial charge in [0.2, 0.25) is 0 Å². The van der Waals surface area contributed by atoms with Crippen molar-refractivity contribution in [1.82, 2.24) is 9.80 Å². The van der Waals surface area contributed by atoms with E-state index in [0.717, 1.165) is 12.8 Å². The van der Waals surface area contributed by atoms with Gasteiger partial charge in [-0.1, -0.05) is 0 Å². The van der Waals surface area contributed by atoms with E-state index < -0.39 is 5.97 Å². The molecule has 0 aromatic heterocycles. The van der Waals surface area contributed by atoms with Crippen LogP contribution >= 0.6 is 0 Å². The number of carbonyl (C=O) groups excluding carboxylic acids is 1. The molecule has 92 valence electrons. The van der Waals surface area contributed by atoms with Gasteiger partial charge in [0.15, 0.2) is 0 Å². The van der Waals surface area contributed by atoms with E-state index >= 15 is 0 Å². The highest BCUT2D eigenvalue weighted by atomic mass is 16.4. The Labute approximate surface area is 96.0 Å². The minimum Gasteiger partial charge on any atom is -0.481 e. The van der Waals surface area contributed by atoms with E-state index in [4.69, 9.17) is 5.11 Å². The second-order valence-electron chi connectivity index (χ2n) is 4.40. The Hall–Kier alpha value is -1.26. The molecule has 5 nitrogen and oxygen atoms in total. The number of carboxylic acids is 1. The van der Waals surface area contributed by atoms with Gasteiger partial charge in [0.05, 0.1) is 0 Å². The summed E-state index contributed by atoms with van der Waals surface area (Å²) in [5.74, 6) is -0.812. The van der Waals surface area contributed by atoms with E-state index in [1.54, 1.807) is 16.8 Å². The van der Waals surface area contributed by atoms with Crippen molar-refractivity contribution in [2.24, 2.45) is 0 Å². The number of urea groups is 1. The maximum atomic E-state index is 11.9. The molecule has 2 amide bonds. The third kappa shape index (κ3) is 3.40. The zero-order valence-corrected chi connectivity index (χ0v) is 9.98. The van der Waals surface area contributed by atoms with Crippen molar-refractivity contribution in [2.75, 3.05) is 20.6 Å². The first kappa shape index (κ1) is 12.8. The summed E-state index contributed by atoms with van der Waals surface area (Å²) >= 11 is 0. The Morgan fingerprint density at radius 2 is 1.94 bits per heavy atom. The van der Waals surface area contributed by atoms with Crippen LogP contribution in [0.15, 0.2) is 0 Å². The van der Waals surface area contributed by atoms with Crippen molar-refractivity contribution >= 4 is 12.0 Å². The van der Waals surface area contributed by atoms with Crippen LogP contribution in [0.5, 0.6) is 0 Å². The Morgan fingerprint density at radius 3 is 2.38 bits per heavy atom. The summed E-state index contributed by atoms with van der Waals surface area (Å²) < 4.78 is 0. The van der Waals surface area contributed by atoms with Gasteiger partial charge in [0, 0.05) is 33.1 Å². The molecule has 0 unspecified atom stereocenters. The van der Waals surface area contributed by atoms with Gasteiger partial charge >= 0.3 is 12.0 Å². The molecule has 0 aromatic rings. The molecule has 0 aromatic carbocycles. The Kier molecular flexibility index (Phi) is 4.58. The van der Waals surface area contributed by atoms with Crippen LogP contribution in [-0.2, 0) is 4.79 Å². The van der Waals surface area contributed by atoms with Crippen LogP contribution in [0.1, 0.15) is 32.1 Å². The highest BCUT2D eigenvalue weighted by Gasteiger charge is 2.27. The molecule has 0 bridgehead atoms. The lowest BCUT2D eigenvalue weighted by Crippen LogP contribution is -2.47. The number of hydrogen-bond donors (Lipinski definition) is 1. The van der Waals surface area contributed by atoms with Crippen molar-refractivity contribution in [2.45, 2.75) is 38.1 Å². The minimum absolute atomic E-state index is 0.00455. The number of aliphatic carboxylic acids is 1.